The van der Waals surface area contributed by atoms with Crippen LogP contribution in [0.4, 0.5) is 11.6 Å². The Labute approximate surface area is 98.6 Å². The molecular formula is C11H12ClN3O. The van der Waals surface area contributed by atoms with Crippen LogP contribution in [-0.2, 0) is 0 Å². The van der Waals surface area contributed by atoms with Crippen molar-refractivity contribution in [3.8, 4) is 11.1 Å². The second-order valence-electron chi connectivity index (χ2n) is 3.66. The molecule has 0 saturated heterocycles. The third kappa shape index (κ3) is 1.84. The Morgan fingerprint density at radius 1 is 1.38 bits per heavy atom. The number of nitrogens with two attached hydrogens (primary N) is 1. The van der Waals surface area contributed by atoms with E-state index in [1.165, 1.54) is 0 Å². The predicted octanol–water partition coefficient (Wildman–Crippen LogP) is 2.64. The number of hydrogen-bond acceptors (Lipinski definition) is 4. The van der Waals surface area contributed by atoms with E-state index in [4.69, 9.17) is 21.9 Å². The molecule has 5 heteroatoms. The molecule has 0 bridgehead atoms. The van der Waals surface area contributed by atoms with Crippen molar-refractivity contribution in [1.82, 2.24) is 5.16 Å². The highest BCUT2D eigenvalue weighted by Crippen LogP contribution is 2.32. The predicted molar refractivity (Wildman–Crippen MR) is 65.7 cm³/mol. The molecule has 1 heterocycles. The fourth-order valence-electron chi connectivity index (χ4n) is 1.50. The molecule has 1 aromatic heterocycles. The van der Waals surface area contributed by atoms with E-state index in [9.17, 15) is 0 Å². The third-order valence-electron chi connectivity index (χ3n) is 2.34. The molecule has 0 saturated carbocycles. The summed E-state index contributed by atoms with van der Waals surface area (Å²) >= 11 is 6.16. The van der Waals surface area contributed by atoms with Crippen molar-refractivity contribution >= 4 is 23.2 Å². The van der Waals surface area contributed by atoms with E-state index in [0.717, 1.165) is 16.8 Å². The van der Waals surface area contributed by atoms with Crippen molar-refractivity contribution in [2.24, 2.45) is 0 Å². The number of aromatic nitrogens is 1. The minimum absolute atomic E-state index is 0.300. The minimum Gasteiger partial charge on any atom is -0.376 e. The molecule has 0 spiro atoms. The second kappa shape index (κ2) is 4.06. The molecule has 0 aliphatic rings. The Morgan fingerprint density at radius 3 is 2.62 bits per heavy atom. The number of nitrogen functional groups attached to an aromatic ring is 1. The van der Waals surface area contributed by atoms with Crippen molar-refractivity contribution < 1.29 is 4.52 Å². The van der Waals surface area contributed by atoms with Gasteiger partial charge in [-0.1, -0.05) is 22.8 Å². The van der Waals surface area contributed by atoms with Crippen molar-refractivity contribution in [1.29, 1.82) is 0 Å². The summed E-state index contributed by atoms with van der Waals surface area (Å²) in [6.07, 6.45) is 1.58. The fourth-order valence-corrected chi connectivity index (χ4v) is 1.85. The van der Waals surface area contributed by atoms with Crippen LogP contribution in [0.2, 0.25) is 5.02 Å². The van der Waals surface area contributed by atoms with Gasteiger partial charge in [0, 0.05) is 14.1 Å². The Hall–Kier alpha value is -1.68. The van der Waals surface area contributed by atoms with Crippen LogP contribution in [-0.4, -0.2) is 19.3 Å². The molecule has 0 unspecified atom stereocenters. The zero-order chi connectivity index (χ0) is 11.7. The highest BCUT2D eigenvalue weighted by Gasteiger charge is 2.09. The first-order valence-electron chi connectivity index (χ1n) is 4.77. The molecule has 4 nitrogen and oxygen atoms in total. The van der Waals surface area contributed by atoms with E-state index in [-0.39, 0.29) is 0 Å². The number of benzene rings is 1. The van der Waals surface area contributed by atoms with Gasteiger partial charge in [0.25, 0.3) is 0 Å². The molecule has 16 heavy (non-hydrogen) atoms. The highest BCUT2D eigenvalue weighted by atomic mass is 35.5. The van der Waals surface area contributed by atoms with Gasteiger partial charge in [0.15, 0.2) is 0 Å². The standard InChI is InChI=1S/C11H12ClN3O/c1-15(2)10-4-3-7(5-9(10)12)8-6-14-16-11(8)13/h3-6H,13H2,1-2H3. The number of nitrogens with zero attached hydrogens (tertiary/aromatic N) is 2. The highest BCUT2D eigenvalue weighted by molar-refractivity contribution is 6.33. The van der Waals surface area contributed by atoms with Crippen LogP contribution >= 0.6 is 11.6 Å². The van der Waals surface area contributed by atoms with Gasteiger partial charge in [0.05, 0.1) is 22.5 Å². The third-order valence-corrected chi connectivity index (χ3v) is 2.64. The summed E-state index contributed by atoms with van der Waals surface area (Å²) < 4.78 is 4.81. The molecule has 2 aromatic rings. The molecular weight excluding hydrogens is 226 g/mol. The molecule has 0 amide bonds. The monoisotopic (exact) mass is 237 g/mol. The summed E-state index contributed by atoms with van der Waals surface area (Å²) in [7, 11) is 3.88. The van der Waals surface area contributed by atoms with E-state index in [0.29, 0.717) is 10.9 Å². The van der Waals surface area contributed by atoms with E-state index >= 15 is 0 Å². The lowest BCUT2D eigenvalue weighted by atomic mass is 10.1. The molecule has 84 valence electrons. The largest absolute Gasteiger partial charge is 0.376 e. The van der Waals surface area contributed by atoms with Gasteiger partial charge in [-0.3, -0.25) is 0 Å². The van der Waals surface area contributed by atoms with Crippen molar-refractivity contribution in [2.75, 3.05) is 24.7 Å². The van der Waals surface area contributed by atoms with Gasteiger partial charge in [0.2, 0.25) is 5.88 Å². The summed E-state index contributed by atoms with van der Waals surface area (Å²) in [4.78, 5) is 1.95. The van der Waals surface area contributed by atoms with E-state index in [2.05, 4.69) is 5.16 Å². The van der Waals surface area contributed by atoms with Crippen molar-refractivity contribution in [3.63, 3.8) is 0 Å². The Bertz CT molecular complexity index is 508. The first-order chi connectivity index (χ1) is 7.59. The fraction of sp³-hybridized carbons (Fsp3) is 0.182. The normalized spacial score (nSPS) is 10.4. The lowest BCUT2D eigenvalue weighted by Gasteiger charge is -2.14. The molecule has 0 aliphatic carbocycles. The molecule has 0 atom stereocenters. The lowest BCUT2D eigenvalue weighted by molar-refractivity contribution is 0.436. The number of hydrogen-bond donors (Lipinski definition) is 1. The maximum absolute atomic E-state index is 6.16. The van der Waals surface area contributed by atoms with Crippen LogP contribution < -0.4 is 10.6 Å². The van der Waals surface area contributed by atoms with Crippen LogP contribution in [0.15, 0.2) is 28.9 Å². The summed E-state index contributed by atoms with van der Waals surface area (Å²) in [6.45, 7) is 0. The maximum Gasteiger partial charge on any atom is 0.229 e. The first-order valence-corrected chi connectivity index (χ1v) is 5.15. The zero-order valence-electron chi connectivity index (χ0n) is 9.07. The van der Waals surface area contributed by atoms with Crippen LogP contribution in [0.1, 0.15) is 0 Å². The van der Waals surface area contributed by atoms with Gasteiger partial charge >= 0.3 is 0 Å². The Morgan fingerprint density at radius 2 is 2.12 bits per heavy atom. The summed E-state index contributed by atoms with van der Waals surface area (Å²) in [6, 6.07) is 5.72. The second-order valence-corrected chi connectivity index (χ2v) is 4.07. The molecule has 2 rings (SSSR count). The van der Waals surface area contributed by atoms with Gasteiger partial charge in [0.1, 0.15) is 0 Å². The smallest absolute Gasteiger partial charge is 0.229 e. The topological polar surface area (TPSA) is 55.3 Å². The average molecular weight is 238 g/mol. The van der Waals surface area contributed by atoms with Crippen molar-refractivity contribution in [3.05, 3.63) is 29.4 Å². The van der Waals surface area contributed by atoms with Crippen LogP contribution in [0.5, 0.6) is 0 Å². The van der Waals surface area contributed by atoms with Gasteiger partial charge in [-0.2, -0.15) is 0 Å². The zero-order valence-corrected chi connectivity index (χ0v) is 9.82. The van der Waals surface area contributed by atoms with E-state index < -0.39 is 0 Å². The quantitative estimate of drug-likeness (QED) is 0.873. The summed E-state index contributed by atoms with van der Waals surface area (Å²) in [5.74, 6) is 0.300. The number of halogens is 1. The van der Waals surface area contributed by atoms with Gasteiger partial charge in [-0.05, 0) is 17.7 Å². The van der Waals surface area contributed by atoms with Gasteiger partial charge in [-0.25, -0.2) is 0 Å². The molecule has 1 aromatic carbocycles. The molecule has 0 aliphatic heterocycles. The molecule has 0 fully saturated rings. The first kappa shape index (κ1) is 10.8. The molecule has 2 N–H and O–H groups in total. The Balaban J connectivity index is 2.46. The number of rotatable bonds is 2. The lowest BCUT2D eigenvalue weighted by Crippen LogP contribution is -2.08. The Kier molecular flexibility index (Phi) is 2.75. The average Bonchev–Trinajstić information content (AvgIpc) is 2.63. The van der Waals surface area contributed by atoms with E-state index in [1.54, 1.807) is 6.20 Å². The molecule has 0 radical (unpaired) electrons. The van der Waals surface area contributed by atoms with Crippen LogP contribution in [0.3, 0.4) is 0 Å². The summed E-state index contributed by atoms with van der Waals surface area (Å²) in [5.41, 5.74) is 8.25. The minimum atomic E-state index is 0.300. The van der Waals surface area contributed by atoms with Crippen molar-refractivity contribution in [2.45, 2.75) is 0 Å². The van der Waals surface area contributed by atoms with Crippen LogP contribution in [0.25, 0.3) is 11.1 Å². The summed E-state index contributed by atoms with van der Waals surface area (Å²) in [5, 5.41) is 4.30. The van der Waals surface area contributed by atoms with E-state index in [1.807, 2.05) is 37.2 Å². The number of anilines is 2. The SMILES string of the molecule is CN(C)c1ccc(-c2cnoc2N)cc1Cl. The van der Waals surface area contributed by atoms with Gasteiger partial charge in [-0.15, -0.1) is 0 Å². The van der Waals surface area contributed by atoms with Gasteiger partial charge < -0.3 is 15.2 Å². The van der Waals surface area contributed by atoms with Crippen LogP contribution in [0, 0.1) is 0 Å². The maximum atomic E-state index is 6.16.